The van der Waals surface area contributed by atoms with Crippen LogP contribution in [0.4, 0.5) is 0 Å². The Kier molecular flexibility index (Phi) is 6.46. The number of carbonyl (C=O) groups excluding carboxylic acids is 1. The number of carboxylic acids is 1. The molecule has 0 saturated heterocycles. The largest absolute Gasteiger partial charge is 0.478 e. The van der Waals surface area contributed by atoms with Gasteiger partial charge in [-0.3, -0.25) is 0 Å². The molecule has 0 aromatic carbocycles. The van der Waals surface area contributed by atoms with Gasteiger partial charge in [0.05, 0.1) is 0 Å². The summed E-state index contributed by atoms with van der Waals surface area (Å²) in [6, 6.07) is 0. The third-order valence-electron chi connectivity index (χ3n) is 2.12. The molecular weight excluding hydrogens is 208 g/mol. The molecule has 0 aliphatic carbocycles. The molecule has 16 heavy (non-hydrogen) atoms. The van der Waals surface area contributed by atoms with Gasteiger partial charge in [0, 0.05) is 12.2 Å². The predicted octanol–water partition coefficient (Wildman–Crippen LogP) is 2.53. The SMILES string of the molecule is CCCCCC(C)(C)OC(=O)C=CC(=O)O. The molecule has 0 atom stereocenters. The Morgan fingerprint density at radius 1 is 1.25 bits per heavy atom. The first-order valence-electron chi connectivity index (χ1n) is 5.51. The summed E-state index contributed by atoms with van der Waals surface area (Å²) in [6.07, 6.45) is 5.72. The van der Waals surface area contributed by atoms with Crippen molar-refractivity contribution in [3.05, 3.63) is 12.2 Å². The summed E-state index contributed by atoms with van der Waals surface area (Å²) in [5.74, 6) is -1.76. The molecular formula is C12H20O4. The zero-order valence-electron chi connectivity index (χ0n) is 10.2. The van der Waals surface area contributed by atoms with Crippen molar-refractivity contribution in [3.63, 3.8) is 0 Å². The van der Waals surface area contributed by atoms with Crippen LogP contribution in [-0.4, -0.2) is 22.6 Å². The number of carboxylic acid groups (broad SMARTS) is 1. The van der Waals surface area contributed by atoms with Crippen LogP contribution in [-0.2, 0) is 14.3 Å². The zero-order valence-corrected chi connectivity index (χ0v) is 10.2. The van der Waals surface area contributed by atoms with Crippen LogP contribution in [0, 0.1) is 0 Å². The fourth-order valence-corrected chi connectivity index (χ4v) is 1.30. The Labute approximate surface area is 96.3 Å². The van der Waals surface area contributed by atoms with Gasteiger partial charge >= 0.3 is 11.9 Å². The molecule has 92 valence electrons. The number of hydrogen-bond donors (Lipinski definition) is 1. The smallest absolute Gasteiger partial charge is 0.331 e. The molecule has 0 fully saturated rings. The second kappa shape index (κ2) is 7.04. The van der Waals surface area contributed by atoms with E-state index in [1.165, 1.54) is 0 Å². The van der Waals surface area contributed by atoms with Gasteiger partial charge in [0.15, 0.2) is 0 Å². The van der Waals surface area contributed by atoms with Crippen LogP contribution in [0.3, 0.4) is 0 Å². The highest BCUT2D eigenvalue weighted by molar-refractivity contribution is 5.90. The molecule has 0 aliphatic heterocycles. The minimum Gasteiger partial charge on any atom is -0.478 e. The highest BCUT2D eigenvalue weighted by Gasteiger charge is 2.20. The third-order valence-corrected chi connectivity index (χ3v) is 2.12. The zero-order chi connectivity index (χ0) is 12.6. The molecule has 0 unspecified atom stereocenters. The second-order valence-electron chi connectivity index (χ2n) is 4.31. The van der Waals surface area contributed by atoms with E-state index >= 15 is 0 Å². The average Bonchev–Trinajstić information content (AvgIpc) is 2.14. The summed E-state index contributed by atoms with van der Waals surface area (Å²) in [5.41, 5.74) is -0.533. The average molecular weight is 228 g/mol. The number of ether oxygens (including phenoxy) is 1. The van der Waals surface area contributed by atoms with E-state index < -0.39 is 17.5 Å². The Hall–Kier alpha value is -1.32. The van der Waals surface area contributed by atoms with E-state index in [9.17, 15) is 9.59 Å². The van der Waals surface area contributed by atoms with E-state index in [-0.39, 0.29) is 0 Å². The molecule has 0 amide bonds. The van der Waals surface area contributed by atoms with Crippen molar-refractivity contribution in [1.29, 1.82) is 0 Å². The van der Waals surface area contributed by atoms with Crippen molar-refractivity contribution in [2.75, 3.05) is 0 Å². The van der Waals surface area contributed by atoms with Crippen molar-refractivity contribution < 1.29 is 19.4 Å². The third kappa shape index (κ3) is 8.03. The molecule has 1 N–H and O–H groups in total. The summed E-state index contributed by atoms with van der Waals surface area (Å²) in [6.45, 7) is 5.76. The molecule has 0 heterocycles. The standard InChI is InChI=1S/C12H20O4/c1-4-5-6-9-12(2,3)16-11(15)8-7-10(13)14/h7-8H,4-6,9H2,1-3H3,(H,13,14). The number of carbonyl (C=O) groups is 2. The summed E-state index contributed by atoms with van der Waals surface area (Å²) in [5, 5.41) is 8.34. The van der Waals surface area contributed by atoms with Crippen LogP contribution >= 0.6 is 0 Å². The molecule has 0 bridgehead atoms. The second-order valence-corrected chi connectivity index (χ2v) is 4.31. The van der Waals surface area contributed by atoms with Gasteiger partial charge in [-0.2, -0.15) is 0 Å². The summed E-state index contributed by atoms with van der Waals surface area (Å²) in [7, 11) is 0. The lowest BCUT2D eigenvalue weighted by atomic mass is 10.0. The summed E-state index contributed by atoms with van der Waals surface area (Å²) in [4.78, 5) is 21.4. The molecule has 4 heteroatoms. The van der Waals surface area contributed by atoms with E-state index in [0.717, 1.165) is 37.8 Å². The van der Waals surface area contributed by atoms with Crippen molar-refractivity contribution in [2.24, 2.45) is 0 Å². The lowest BCUT2D eigenvalue weighted by molar-refractivity contribution is -0.151. The minimum absolute atomic E-state index is 0.533. The van der Waals surface area contributed by atoms with Gasteiger partial charge in [0.1, 0.15) is 5.60 Å². The van der Waals surface area contributed by atoms with E-state index in [1.807, 2.05) is 13.8 Å². The maximum absolute atomic E-state index is 11.2. The molecule has 0 spiro atoms. The topological polar surface area (TPSA) is 63.6 Å². The predicted molar refractivity (Wildman–Crippen MR) is 61.1 cm³/mol. The van der Waals surface area contributed by atoms with Gasteiger partial charge in [0.25, 0.3) is 0 Å². The Bertz CT molecular complexity index is 266. The molecule has 0 rings (SSSR count). The van der Waals surface area contributed by atoms with E-state index in [1.54, 1.807) is 0 Å². The maximum Gasteiger partial charge on any atom is 0.331 e. The Morgan fingerprint density at radius 3 is 2.38 bits per heavy atom. The van der Waals surface area contributed by atoms with Gasteiger partial charge in [-0.1, -0.05) is 19.8 Å². The summed E-state index contributed by atoms with van der Waals surface area (Å²) >= 11 is 0. The molecule has 0 radical (unpaired) electrons. The quantitative estimate of drug-likeness (QED) is 0.413. The van der Waals surface area contributed by atoms with Crippen molar-refractivity contribution in [3.8, 4) is 0 Å². The van der Waals surface area contributed by atoms with Crippen LogP contribution in [0.25, 0.3) is 0 Å². The number of esters is 1. The van der Waals surface area contributed by atoms with Crippen LogP contribution in [0.15, 0.2) is 12.2 Å². The number of hydrogen-bond acceptors (Lipinski definition) is 3. The van der Waals surface area contributed by atoms with E-state index in [2.05, 4.69) is 6.92 Å². The van der Waals surface area contributed by atoms with Gasteiger partial charge in [-0.15, -0.1) is 0 Å². The van der Waals surface area contributed by atoms with Crippen molar-refractivity contribution in [1.82, 2.24) is 0 Å². The van der Waals surface area contributed by atoms with Gasteiger partial charge in [0.2, 0.25) is 0 Å². The molecule has 4 nitrogen and oxygen atoms in total. The van der Waals surface area contributed by atoms with E-state index in [0.29, 0.717) is 0 Å². The summed E-state index contributed by atoms with van der Waals surface area (Å²) < 4.78 is 5.15. The van der Waals surface area contributed by atoms with Gasteiger partial charge in [-0.25, -0.2) is 9.59 Å². The first kappa shape index (κ1) is 14.7. The number of unbranched alkanes of at least 4 members (excludes halogenated alkanes) is 2. The molecule has 0 aromatic heterocycles. The van der Waals surface area contributed by atoms with Crippen LogP contribution in [0.5, 0.6) is 0 Å². The van der Waals surface area contributed by atoms with Crippen molar-refractivity contribution >= 4 is 11.9 Å². The number of rotatable bonds is 7. The Morgan fingerprint density at radius 2 is 1.88 bits per heavy atom. The maximum atomic E-state index is 11.2. The minimum atomic E-state index is -1.15. The molecule has 0 saturated carbocycles. The molecule has 0 aromatic rings. The van der Waals surface area contributed by atoms with Crippen LogP contribution in [0.2, 0.25) is 0 Å². The van der Waals surface area contributed by atoms with Gasteiger partial charge < -0.3 is 9.84 Å². The molecule has 0 aliphatic rings. The monoisotopic (exact) mass is 228 g/mol. The lowest BCUT2D eigenvalue weighted by Gasteiger charge is -2.24. The highest BCUT2D eigenvalue weighted by atomic mass is 16.6. The Balaban J connectivity index is 4.04. The number of aliphatic carboxylic acids is 1. The van der Waals surface area contributed by atoms with Crippen LogP contribution < -0.4 is 0 Å². The normalized spacial score (nSPS) is 11.7. The van der Waals surface area contributed by atoms with Crippen LogP contribution in [0.1, 0.15) is 46.5 Å². The first-order chi connectivity index (χ1) is 7.37. The highest BCUT2D eigenvalue weighted by Crippen LogP contribution is 2.18. The van der Waals surface area contributed by atoms with Crippen molar-refractivity contribution in [2.45, 2.75) is 52.1 Å². The first-order valence-corrected chi connectivity index (χ1v) is 5.51. The lowest BCUT2D eigenvalue weighted by Crippen LogP contribution is -2.27. The fraction of sp³-hybridized carbons (Fsp3) is 0.667. The van der Waals surface area contributed by atoms with Gasteiger partial charge in [-0.05, 0) is 26.7 Å². The fourth-order valence-electron chi connectivity index (χ4n) is 1.30. The van der Waals surface area contributed by atoms with E-state index in [4.69, 9.17) is 9.84 Å².